The van der Waals surface area contributed by atoms with E-state index < -0.39 is 0 Å². The summed E-state index contributed by atoms with van der Waals surface area (Å²) >= 11 is 6.11. The first-order valence-electron chi connectivity index (χ1n) is 11.1. The molecule has 1 saturated heterocycles. The van der Waals surface area contributed by atoms with Gasteiger partial charge in [-0.25, -0.2) is 9.97 Å². The first-order valence-corrected chi connectivity index (χ1v) is 11.5. The second-order valence-corrected chi connectivity index (χ2v) is 8.76. The van der Waals surface area contributed by atoms with E-state index in [4.69, 9.17) is 21.6 Å². The topological polar surface area (TPSA) is 57.2 Å². The molecule has 4 aromatic rings. The first kappa shape index (κ1) is 20.9. The second kappa shape index (κ2) is 9.27. The molecular weight excluding hydrogens is 420 g/mol. The summed E-state index contributed by atoms with van der Waals surface area (Å²) in [5, 5.41) is 6.50. The lowest BCUT2D eigenvalue weighted by atomic mass is 10.1. The van der Waals surface area contributed by atoms with Crippen molar-refractivity contribution in [3.05, 3.63) is 65.4 Å². The molecule has 0 amide bonds. The Bertz CT molecular complexity index is 1240. The SMILES string of the molecule is CN1CCN(c2nc(CCCNc3ccnc4cc(Cl)ccc34)c3ccccc3n2)CC1. The van der Waals surface area contributed by atoms with Gasteiger partial charge in [0.25, 0.3) is 0 Å². The predicted molar refractivity (Wildman–Crippen MR) is 133 cm³/mol. The van der Waals surface area contributed by atoms with Gasteiger partial charge in [0.1, 0.15) is 0 Å². The fourth-order valence-corrected chi connectivity index (χ4v) is 4.39. The lowest BCUT2D eigenvalue weighted by molar-refractivity contribution is 0.311. The van der Waals surface area contributed by atoms with Crippen molar-refractivity contribution < 1.29 is 0 Å². The Morgan fingerprint density at radius 3 is 2.66 bits per heavy atom. The summed E-state index contributed by atoms with van der Waals surface area (Å²) < 4.78 is 0. The highest BCUT2D eigenvalue weighted by molar-refractivity contribution is 6.31. The van der Waals surface area contributed by atoms with Crippen LogP contribution in [0.25, 0.3) is 21.8 Å². The zero-order chi connectivity index (χ0) is 21.9. The molecule has 2 aromatic carbocycles. The summed E-state index contributed by atoms with van der Waals surface area (Å²) in [4.78, 5) is 18.9. The van der Waals surface area contributed by atoms with Crippen molar-refractivity contribution in [2.45, 2.75) is 12.8 Å². The van der Waals surface area contributed by atoms with Crippen molar-refractivity contribution >= 4 is 45.0 Å². The highest BCUT2D eigenvalue weighted by Crippen LogP contribution is 2.25. The van der Waals surface area contributed by atoms with Crippen LogP contribution in [0.1, 0.15) is 12.1 Å². The fraction of sp³-hybridized carbons (Fsp3) is 0.320. The lowest BCUT2D eigenvalue weighted by Crippen LogP contribution is -2.45. The van der Waals surface area contributed by atoms with Gasteiger partial charge in [-0.3, -0.25) is 4.98 Å². The molecule has 164 valence electrons. The molecule has 7 heteroatoms. The van der Waals surface area contributed by atoms with Crippen LogP contribution in [0, 0.1) is 0 Å². The fourth-order valence-electron chi connectivity index (χ4n) is 4.22. The average molecular weight is 447 g/mol. The van der Waals surface area contributed by atoms with Gasteiger partial charge in [-0.15, -0.1) is 0 Å². The lowest BCUT2D eigenvalue weighted by Gasteiger charge is -2.32. The number of para-hydroxylation sites is 1. The number of benzene rings is 2. The van der Waals surface area contributed by atoms with E-state index in [-0.39, 0.29) is 0 Å². The number of anilines is 2. The number of likely N-dealkylation sites (N-methyl/N-ethyl adjacent to an activating group) is 1. The first-order chi connectivity index (χ1) is 15.7. The Hall–Kier alpha value is -2.96. The summed E-state index contributed by atoms with van der Waals surface area (Å²) in [5.74, 6) is 0.858. The van der Waals surface area contributed by atoms with Gasteiger partial charge < -0.3 is 15.1 Å². The Morgan fingerprint density at radius 2 is 1.78 bits per heavy atom. The molecule has 1 fully saturated rings. The Balaban J connectivity index is 1.31. The minimum Gasteiger partial charge on any atom is -0.384 e. The van der Waals surface area contributed by atoms with Crippen LogP contribution in [-0.4, -0.2) is 59.6 Å². The molecule has 1 N–H and O–H groups in total. The minimum absolute atomic E-state index is 0.703. The van der Waals surface area contributed by atoms with Crippen LogP contribution in [0.4, 0.5) is 11.6 Å². The molecule has 0 saturated carbocycles. The molecule has 2 aromatic heterocycles. The van der Waals surface area contributed by atoms with Crippen LogP contribution in [-0.2, 0) is 6.42 Å². The van der Waals surface area contributed by atoms with Crippen LogP contribution in [0.15, 0.2) is 54.7 Å². The van der Waals surface area contributed by atoms with Gasteiger partial charge in [0, 0.05) is 60.4 Å². The van der Waals surface area contributed by atoms with Crippen LogP contribution in [0.2, 0.25) is 5.02 Å². The number of pyridine rings is 1. The number of hydrogen-bond acceptors (Lipinski definition) is 6. The number of halogens is 1. The zero-order valence-corrected chi connectivity index (χ0v) is 19.0. The molecule has 0 atom stereocenters. The van der Waals surface area contributed by atoms with E-state index >= 15 is 0 Å². The van der Waals surface area contributed by atoms with Crippen molar-refractivity contribution in [3.63, 3.8) is 0 Å². The van der Waals surface area contributed by atoms with Crippen molar-refractivity contribution in [2.75, 3.05) is 50.0 Å². The normalized spacial score (nSPS) is 14.9. The zero-order valence-electron chi connectivity index (χ0n) is 18.3. The Morgan fingerprint density at radius 1 is 0.938 bits per heavy atom. The smallest absolute Gasteiger partial charge is 0.226 e. The van der Waals surface area contributed by atoms with Crippen molar-refractivity contribution in [2.24, 2.45) is 0 Å². The van der Waals surface area contributed by atoms with E-state index in [1.54, 1.807) is 0 Å². The number of aryl methyl sites for hydroxylation is 1. The van der Waals surface area contributed by atoms with Gasteiger partial charge in [0.2, 0.25) is 5.95 Å². The Kier molecular flexibility index (Phi) is 6.06. The van der Waals surface area contributed by atoms with Crippen LogP contribution >= 0.6 is 11.6 Å². The molecule has 3 heterocycles. The molecule has 0 bridgehead atoms. The molecule has 5 rings (SSSR count). The third-order valence-corrected chi connectivity index (χ3v) is 6.30. The highest BCUT2D eigenvalue weighted by atomic mass is 35.5. The molecular formula is C25H27ClN6. The van der Waals surface area contributed by atoms with Crippen molar-refractivity contribution in [1.82, 2.24) is 19.9 Å². The van der Waals surface area contributed by atoms with Crippen LogP contribution in [0.3, 0.4) is 0 Å². The average Bonchev–Trinajstić information content (AvgIpc) is 2.82. The molecule has 6 nitrogen and oxygen atoms in total. The molecule has 0 spiro atoms. The van der Waals surface area contributed by atoms with E-state index in [2.05, 4.69) is 51.4 Å². The van der Waals surface area contributed by atoms with E-state index in [0.717, 1.165) is 84.7 Å². The number of aromatic nitrogens is 3. The van der Waals surface area contributed by atoms with Crippen molar-refractivity contribution in [3.8, 4) is 0 Å². The number of hydrogen-bond donors (Lipinski definition) is 1. The Labute approximate surface area is 193 Å². The van der Waals surface area contributed by atoms with E-state index in [1.807, 2.05) is 30.5 Å². The maximum atomic E-state index is 6.11. The molecule has 0 radical (unpaired) electrons. The van der Waals surface area contributed by atoms with Crippen molar-refractivity contribution in [1.29, 1.82) is 0 Å². The summed E-state index contributed by atoms with van der Waals surface area (Å²) in [6.45, 7) is 4.87. The van der Waals surface area contributed by atoms with Gasteiger partial charge in [0.15, 0.2) is 0 Å². The van der Waals surface area contributed by atoms with Gasteiger partial charge in [-0.1, -0.05) is 29.8 Å². The van der Waals surface area contributed by atoms with Gasteiger partial charge in [-0.05, 0) is 50.2 Å². The maximum absolute atomic E-state index is 6.11. The monoisotopic (exact) mass is 446 g/mol. The number of nitrogens with one attached hydrogen (secondary N) is 1. The largest absolute Gasteiger partial charge is 0.384 e. The molecule has 0 unspecified atom stereocenters. The van der Waals surface area contributed by atoms with Crippen LogP contribution < -0.4 is 10.2 Å². The summed E-state index contributed by atoms with van der Waals surface area (Å²) in [6.07, 6.45) is 3.69. The summed E-state index contributed by atoms with van der Waals surface area (Å²) in [5.41, 5.74) is 4.13. The van der Waals surface area contributed by atoms with E-state index in [1.165, 1.54) is 0 Å². The number of rotatable bonds is 6. The number of fused-ring (bicyclic) bond motifs is 2. The summed E-state index contributed by atoms with van der Waals surface area (Å²) in [6, 6.07) is 16.2. The molecule has 32 heavy (non-hydrogen) atoms. The third kappa shape index (κ3) is 4.47. The highest BCUT2D eigenvalue weighted by Gasteiger charge is 2.18. The van der Waals surface area contributed by atoms with Gasteiger partial charge in [-0.2, -0.15) is 0 Å². The summed E-state index contributed by atoms with van der Waals surface area (Å²) in [7, 11) is 2.16. The molecule has 1 aliphatic rings. The molecule has 0 aliphatic carbocycles. The standard InChI is InChI=1S/C25H27ClN6/c1-31-13-15-32(16-14-31)25-29-22-6-3-2-5-19(22)23(30-25)7-4-11-27-21-10-12-28-24-17-18(26)8-9-20(21)24/h2-3,5-6,8-10,12,17H,4,7,11,13-16H2,1H3,(H,27,28). The van der Waals surface area contributed by atoms with E-state index in [9.17, 15) is 0 Å². The predicted octanol–water partition coefficient (Wildman–Crippen LogP) is 4.63. The number of nitrogens with zero attached hydrogens (tertiary/aromatic N) is 5. The van der Waals surface area contributed by atoms with Crippen LogP contribution in [0.5, 0.6) is 0 Å². The third-order valence-electron chi connectivity index (χ3n) is 6.07. The van der Waals surface area contributed by atoms with E-state index in [0.29, 0.717) is 5.02 Å². The molecule has 1 aliphatic heterocycles. The maximum Gasteiger partial charge on any atom is 0.226 e. The second-order valence-electron chi connectivity index (χ2n) is 8.33. The quantitative estimate of drug-likeness (QED) is 0.436. The minimum atomic E-state index is 0.703. The van der Waals surface area contributed by atoms with Gasteiger partial charge in [0.05, 0.1) is 16.7 Å². The number of piperazine rings is 1. The van der Waals surface area contributed by atoms with Gasteiger partial charge >= 0.3 is 0 Å².